The highest BCUT2D eigenvalue weighted by Gasteiger charge is 2.30. The van der Waals surface area contributed by atoms with E-state index in [-0.39, 0.29) is 23.2 Å². The van der Waals surface area contributed by atoms with E-state index < -0.39 is 6.04 Å². The molecule has 1 aliphatic rings. The van der Waals surface area contributed by atoms with Crippen molar-refractivity contribution >= 4 is 23.4 Å². The average molecular weight is 377 g/mol. The van der Waals surface area contributed by atoms with Gasteiger partial charge in [0.25, 0.3) is 5.91 Å². The van der Waals surface area contributed by atoms with Crippen LogP contribution in [0.25, 0.3) is 0 Å². The molecule has 1 saturated heterocycles. The van der Waals surface area contributed by atoms with Crippen LogP contribution in [0, 0.1) is 5.82 Å². The first kappa shape index (κ1) is 18.2. The summed E-state index contributed by atoms with van der Waals surface area (Å²) in [5, 5.41) is 3.16. The van der Waals surface area contributed by atoms with E-state index in [0.717, 1.165) is 0 Å². The number of rotatable bonds is 3. The Balaban J connectivity index is 1.92. The van der Waals surface area contributed by atoms with Gasteiger partial charge >= 0.3 is 0 Å². The molecule has 5 nitrogen and oxygen atoms in total. The van der Waals surface area contributed by atoms with Crippen molar-refractivity contribution in [3.8, 4) is 11.5 Å². The fourth-order valence-electron chi connectivity index (χ4n) is 2.76. The molecular formula is C19H18ClFN2O3. The third kappa shape index (κ3) is 3.96. The van der Waals surface area contributed by atoms with Crippen LogP contribution in [0.4, 0.5) is 4.39 Å². The summed E-state index contributed by atoms with van der Waals surface area (Å²) in [4.78, 5) is 26.6. The molecule has 2 aromatic rings. The lowest BCUT2D eigenvalue weighted by atomic mass is 10.1. The van der Waals surface area contributed by atoms with Gasteiger partial charge in [-0.25, -0.2) is 4.39 Å². The Morgan fingerprint density at radius 1 is 1.27 bits per heavy atom. The number of hydrogen-bond acceptors (Lipinski definition) is 3. The number of amides is 2. The molecule has 1 aliphatic heterocycles. The van der Waals surface area contributed by atoms with Gasteiger partial charge in [0.2, 0.25) is 5.91 Å². The fraction of sp³-hybridized carbons (Fsp3) is 0.263. The maximum Gasteiger partial charge on any atom is 0.258 e. The van der Waals surface area contributed by atoms with E-state index in [1.165, 1.54) is 35.2 Å². The summed E-state index contributed by atoms with van der Waals surface area (Å²) in [6.07, 6.45) is 0.663. The molecule has 7 heteroatoms. The van der Waals surface area contributed by atoms with Crippen molar-refractivity contribution in [2.45, 2.75) is 19.4 Å². The first-order valence-electron chi connectivity index (χ1n) is 8.27. The number of benzene rings is 2. The number of hydrogen-bond donors (Lipinski definition) is 1. The molecule has 0 aliphatic carbocycles. The average Bonchev–Trinajstić information content (AvgIpc) is 2.79. The van der Waals surface area contributed by atoms with Crippen LogP contribution in [0.1, 0.15) is 23.7 Å². The van der Waals surface area contributed by atoms with Crippen molar-refractivity contribution in [1.29, 1.82) is 0 Å². The summed E-state index contributed by atoms with van der Waals surface area (Å²) in [6.45, 7) is 2.66. The SMILES string of the molecule is C[C@@H]1C(=O)NCCCN1C(=O)c1cc(Cl)ccc1Oc1ccc(F)cc1. The lowest BCUT2D eigenvalue weighted by Crippen LogP contribution is -2.45. The predicted octanol–water partition coefficient (Wildman–Crippen LogP) is 3.62. The number of carbonyl (C=O) groups excluding carboxylic acids is 2. The Morgan fingerprint density at radius 3 is 2.73 bits per heavy atom. The maximum absolute atomic E-state index is 13.1. The molecule has 26 heavy (non-hydrogen) atoms. The van der Waals surface area contributed by atoms with Crippen molar-refractivity contribution in [3.63, 3.8) is 0 Å². The molecule has 0 radical (unpaired) electrons. The van der Waals surface area contributed by atoms with Gasteiger partial charge in [-0.05, 0) is 55.8 Å². The van der Waals surface area contributed by atoms with Crippen LogP contribution in [-0.2, 0) is 4.79 Å². The molecule has 1 atom stereocenters. The van der Waals surface area contributed by atoms with E-state index in [4.69, 9.17) is 16.3 Å². The maximum atomic E-state index is 13.1. The second-order valence-electron chi connectivity index (χ2n) is 6.02. The highest BCUT2D eigenvalue weighted by atomic mass is 35.5. The molecule has 3 rings (SSSR count). The molecular weight excluding hydrogens is 359 g/mol. The van der Waals surface area contributed by atoms with E-state index in [9.17, 15) is 14.0 Å². The highest BCUT2D eigenvalue weighted by molar-refractivity contribution is 6.31. The van der Waals surface area contributed by atoms with Crippen molar-refractivity contribution in [3.05, 3.63) is 58.9 Å². The van der Waals surface area contributed by atoms with Crippen molar-refractivity contribution in [2.24, 2.45) is 0 Å². The first-order chi connectivity index (χ1) is 12.5. The van der Waals surface area contributed by atoms with Crippen LogP contribution in [0.15, 0.2) is 42.5 Å². The molecule has 0 aromatic heterocycles. The van der Waals surface area contributed by atoms with Crippen LogP contribution >= 0.6 is 11.6 Å². The van der Waals surface area contributed by atoms with Gasteiger partial charge in [-0.2, -0.15) is 0 Å². The van der Waals surface area contributed by atoms with Gasteiger partial charge in [0.15, 0.2) is 0 Å². The summed E-state index contributed by atoms with van der Waals surface area (Å²) in [7, 11) is 0. The minimum Gasteiger partial charge on any atom is -0.457 e. The highest BCUT2D eigenvalue weighted by Crippen LogP contribution is 2.30. The number of halogens is 2. The smallest absolute Gasteiger partial charge is 0.258 e. The van der Waals surface area contributed by atoms with Gasteiger partial charge in [0, 0.05) is 18.1 Å². The minimum absolute atomic E-state index is 0.195. The summed E-state index contributed by atoms with van der Waals surface area (Å²) in [6, 6.07) is 9.60. The summed E-state index contributed by atoms with van der Waals surface area (Å²) < 4.78 is 18.8. The molecule has 136 valence electrons. The third-order valence-electron chi connectivity index (χ3n) is 4.20. The van der Waals surface area contributed by atoms with Crippen LogP contribution in [0.2, 0.25) is 5.02 Å². The van der Waals surface area contributed by atoms with E-state index in [1.54, 1.807) is 19.1 Å². The van der Waals surface area contributed by atoms with Crippen LogP contribution in [0.5, 0.6) is 11.5 Å². The van der Waals surface area contributed by atoms with E-state index >= 15 is 0 Å². The standard InChI is InChI=1S/C19H18ClFN2O3/c1-12-18(24)22-9-2-10-23(12)19(25)16-11-13(20)3-8-17(16)26-15-6-4-14(21)5-7-15/h3-8,11-12H,2,9-10H2,1H3,(H,22,24)/t12-/m1/s1. The topological polar surface area (TPSA) is 58.6 Å². The Hall–Kier alpha value is -2.60. The number of ether oxygens (including phenoxy) is 1. The first-order valence-corrected chi connectivity index (χ1v) is 8.65. The Kier molecular flexibility index (Phi) is 5.42. The Labute approximate surface area is 155 Å². The zero-order chi connectivity index (χ0) is 18.7. The molecule has 1 fully saturated rings. The van der Waals surface area contributed by atoms with Crippen molar-refractivity contribution in [1.82, 2.24) is 10.2 Å². The van der Waals surface area contributed by atoms with E-state index in [0.29, 0.717) is 36.0 Å². The molecule has 1 heterocycles. The second-order valence-corrected chi connectivity index (χ2v) is 6.45. The van der Waals surface area contributed by atoms with Crippen molar-refractivity contribution in [2.75, 3.05) is 13.1 Å². The molecule has 0 bridgehead atoms. The van der Waals surface area contributed by atoms with Gasteiger partial charge in [0.1, 0.15) is 23.4 Å². The van der Waals surface area contributed by atoms with Gasteiger partial charge in [-0.3, -0.25) is 9.59 Å². The largest absolute Gasteiger partial charge is 0.457 e. The summed E-state index contributed by atoms with van der Waals surface area (Å²) >= 11 is 6.07. The molecule has 0 spiro atoms. The van der Waals surface area contributed by atoms with Gasteiger partial charge in [0.05, 0.1) is 5.56 Å². The third-order valence-corrected chi connectivity index (χ3v) is 4.43. The van der Waals surface area contributed by atoms with Crippen LogP contribution in [-0.4, -0.2) is 35.8 Å². The lowest BCUT2D eigenvalue weighted by Gasteiger charge is -2.26. The normalized spacial score (nSPS) is 17.4. The number of nitrogens with zero attached hydrogens (tertiary/aromatic N) is 1. The zero-order valence-electron chi connectivity index (χ0n) is 14.2. The minimum atomic E-state index is -0.595. The Bertz CT molecular complexity index is 826. The fourth-order valence-corrected chi connectivity index (χ4v) is 2.94. The second kappa shape index (κ2) is 7.74. The number of nitrogens with one attached hydrogen (secondary N) is 1. The summed E-state index contributed by atoms with van der Waals surface area (Å²) in [5.41, 5.74) is 0.253. The quantitative estimate of drug-likeness (QED) is 0.890. The zero-order valence-corrected chi connectivity index (χ0v) is 14.9. The van der Waals surface area contributed by atoms with Gasteiger partial charge < -0.3 is 15.0 Å². The number of carbonyl (C=O) groups is 2. The van der Waals surface area contributed by atoms with Gasteiger partial charge in [-0.15, -0.1) is 0 Å². The van der Waals surface area contributed by atoms with Crippen LogP contribution in [0.3, 0.4) is 0 Å². The molecule has 2 aromatic carbocycles. The molecule has 2 amide bonds. The van der Waals surface area contributed by atoms with Gasteiger partial charge in [-0.1, -0.05) is 11.6 Å². The monoisotopic (exact) mass is 376 g/mol. The molecule has 0 saturated carbocycles. The summed E-state index contributed by atoms with van der Waals surface area (Å²) in [5.74, 6) is -0.227. The lowest BCUT2D eigenvalue weighted by molar-refractivity contribution is -0.124. The molecule has 0 unspecified atom stereocenters. The van der Waals surface area contributed by atoms with E-state index in [2.05, 4.69) is 5.32 Å². The Morgan fingerprint density at radius 2 is 2.00 bits per heavy atom. The molecule has 1 N–H and O–H groups in total. The van der Waals surface area contributed by atoms with E-state index in [1.807, 2.05) is 0 Å². The predicted molar refractivity (Wildman–Crippen MR) is 96.1 cm³/mol. The van der Waals surface area contributed by atoms with Crippen molar-refractivity contribution < 1.29 is 18.7 Å². The van der Waals surface area contributed by atoms with Crippen LogP contribution < -0.4 is 10.1 Å².